The Morgan fingerprint density at radius 1 is 1.12 bits per heavy atom. The zero-order chi connectivity index (χ0) is 31.7. The highest BCUT2D eigenvalue weighted by atomic mass is 32.1. The quantitative estimate of drug-likeness (QED) is 0.182. The fourth-order valence-electron chi connectivity index (χ4n) is 3.95. The number of carbonyl (C=O) groups is 3. The van der Waals surface area contributed by atoms with E-state index in [9.17, 15) is 27.9 Å². The number of carbonyl (C=O) groups excluding carboxylic acids is 1. The van der Waals surface area contributed by atoms with E-state index in [1.54, 1.807) is 24.5 Å². The molecule has 0 saturated heterocycles. The van der Waals surface area contributed by atoms with Gasteiger partial charge < -0.3 is 25.4 Å². The van der Waals surface area contributed by atoms with Crippen LogP contribution in [-0.4, -0.2) is 49.8 Å². The molecule has 2 heterocycles. The summed E-state index contributed by atoms with van der Waals surface area (Å²) in [6.45, 7) is 5.02. The zero-order valence-electron chi connectivity index (χ0n) is 23.1. The van der Waals surface area contributed by atoms with Crippen molar-refractivity contribution in [3.05, 3.63) is 82.8 Å². The standard InChI is InChI=1S/C27H27N5O3S.C2HF3O2/c1-17(2)10-23(27(34)35)31-26(33)25-11-21-22(4-3-5-24(21)36-25)30-14-20-13-29-16-32(20)15-19-8-6-18(12-28)7-9-19;3-2(4,5)1(6)7/h3-9,11,13,16-17,23,30H,10,14-15H2,1-2H3,(H,31,33)(H,34,35);(H,6,7)/t23-;/m0./s1. The van der Waals surface area contributed by atoms with Crippen LogP contribution in [0.4, 0.5) is 18.9 Å². The molecule has 0 aliphatic rings. The topological polar surface area (TPSA) is 157 Å². The molecule has 0 fully saturated rings. The highest BCUT2D eigenvalue weighted by Gasteiger charge is 2.38. The van der Waals surface area contributed by atoms with Gasteiger partial charge in [0.25, 0.3) is 5.91 Å². The first-order valence-electron chi connectivity index (χ1n) is 12.9. The summed E-state index contributed by atoms with van der Waals surface area (Å²) >= 11 is 1.34. The number of nitrogens with one attached hydrogen (secondary N) is 2. The summed E-state index contributed by atoms with van der Waals surface area (Å²) in [5.74, 6) is -4.02. The van der Waals surface area contributed by atoms with Crippen LogP contribution in [0.3, 0.4) is 0 Å². The Hall–Kier alpha value is -4.90. The number of anilines is 1. The SMILES string of the molecule is CC(C)C[C@H](NC(=O)c1cc2c(NCc3cncn3Cc3ccc(C#N)cc3)cccc2s1)C(=O)O.O=C(O)C(F)(F)F. The normalized spacial score (nSPS) is 11.7. The number of alkyl halides is 3. The highest BCUT2D eigenvalue weighted by Crippen LogP contribution is 2.32. The number of fused-ring (bicyclic) bond motifs is 1. The van der Waals surface area contributed by atoms with Crippen LogP contribution in [0, 0.1) is 17.2 Å². The van der Waals surface area contributed by atoms with Gasteiger partial charge in [-0.3, -0.25) is 4.79 Å². The van der Waals surface area contributed by atoms with E-state index in [2.05, 4.69) is 21.7 Å². The van der Waals surface area contributed by atoms with Gasteiger partial charge in [-0.05, 0) is 48.2 Å². The molecule has 10 nitrogen and oxygen atoms in total. The number of aromatic nitrogens is 2. The maximum Gasteiger partial charge on any atom is 0.490 e. The maximum atomic E-state index is 12.8. The molecule has 4 aromatic rings. The van der Waals surface area contributed by atoms with Crippen molar-refractivity contribution in [1.29, 1.82) is 5.26 Å². The van der Waals surface area contributed by atoms with E-state index in [0.717, 1.165) is 27.0 Å². The van der Waals surface area contributed by atoms with Crippen molar-refractivity contribution in [3.63, 3.8) is 0 Å². The Morgan fingerprint density at radius 2 is 1.79 bits per heavy atom. The van der Waals surface area contributed by atoms with Crippen molar-refractivity contribution in [2.45, 2.75) is 45.6 Å². The molecule has 4 N–H and O–H groups in total. The van der Waals surface area contributed by atoms with Gasteiger partial charge in [0.15, 0.2) is 0 Å². The van der Waals surface area contributed by atoms with Crippen LogP contribution in [0.5, 0.6) is 0 Å². The molecule has 0 saturated carbocycles. The summed E-state index contributed by atoms with van der Waals surface area (Å²) in [4.78, 5) is 38.0. The number of thiophene rings is 1. The van der Waals surface area contributed by atoms with Crippen LogP contribution in [0.2, 0.25) is 0 Å². The summed E-state index contributed by atoms with van der Waals surface area (Å²) in [5, 5.41) is 32.6. The molecule has 1 amide bonds. The van der Waals surface area contributed by atoms with Crippen LogP contribution in [-0.2, 0) is 22.7 Å². The first-order chi connectivity index (χ1) is 20.3. The number of imidazole rings is 1. The van der Waals surface area contributed by atoms with Gasteiger partial charge in [0.1, 0.15) is 6.04 Å². The molecule has 14 heteroatoms. The first kappa shape index (κ1) is 32.6. The predicted octanol–water partition coefficient (Wildman–Crippen LogP) is 5.49. The molecule has 226 valence electrons. The summed E-state index contributed by atoms with van der Waals surface area (Å²) in [6.07, 6.45) is -1.13. The Labute approximate surface area is 248 Å². The van der Waals surface area contributed by atoms with Gasteiger partial charge >= 0.3 is 18.1 Å². The zero-order valence-corrected chi connectivity index (χ0v) is 23.9. The number of rotatable bonds is 10. The van der Waals surface area contributed by atoms with Crippen molar-refractivity contribution >= 4 is 45.0 Å². The van der Waals surface area contributed by atoms with Crippen LogP contribution < -0.4 is 10.6 Å². The number of nitrogens with zero attached hydrogens (tertiary/aromatic N) is 3. The molecule has 0 unspecified atom stereocenters. The lowest BCUT2D eigenvalue weighted by Crippen LogP contribution is -2.41. The Bertz CT molecular complexity index is 1620. The molecule has 2 aromatic carbocycles. The van der Waals surface area contributed by atoms with Crippen molar-refractivity contribution < 1.29 is 37.8 Å². The van der Waals surface area contributed by atoms with Crippen LogP contribution >= 0.6 is 11.3 Å². The minimum atomic E-state index is -5.08. The second kappa shape index (κ2) is 14.3. The van der Waals surface area contributed by atoms with E-state index in [1.165, 1.54) is 11.3 Å². The van der Waals surface area contributed by atoms with Crippen molar-refractivity contribution in [2.75, 3.05) is 5.32 Å². The molecule has 0 aliphatic heterocycles. The second-order valence-corrected chi connectivity index (χ2v) is 10.9. The van der Waals surface area contributed by atoms with Gasteiger partial charge in [-0.2, -0.15) is 18.4 Å². The number of aliphatic carboxylic acids is 2. The largest absolute Gasteiger partial charge is 0.490 e. The lowest BCUT2D eigenvalue weighted by molar-refractivity contribution is -0.192. The Kier molecular flexibility index (Phi) is 10.9. The number of carboxylic acid groups (broad SMARTS) is 2. The number of hydrogen-bond acceptors (Lipinski definition) is 7. The number of hydrogen-bond donors (Lipinski definition) is 4. The summed E-state index contributed by atoms with van der Waals surface area (Å²) < 4.78 is 34.7. The molecular weight excluding hydrogens is 587 g/mol. The van der Waals surface area contributed by atoms with E-state index < -0.39 is 24.2 Å². The van der Waals surface area contributed by atoms with Gasteiger partial charge in [0.2, 0.25) is 0 Å². The van der Waals surface area contributed by atoms with E-state index >= 15 is 0 Å². The number of nitriles is 1. The van der Waals surface area contributed by atoms with Crippen molar-refractivity contribution in [2.24, 2.45) is 5.92 Å². The molecular formula is C29H28F3N5O5S. The predicted molar refractivity (Wildman–Crippen MR) is 154 cm³/mol. The molecule has 4 rings (SSSR count). The van der Waals surface area contributed by atoms with Crippen LogP contribution in [0.1, 0.15) is 46.8 Å². The van der Waals surface area contributed by atoms with Crippen molar-refractivity contribution in [3.8, 4) is 6.07 Å². The average molecular weight is 616 g/mol. The minimum Gasteiger partial charge on any atom is -0.480 e. The van der Waals surface area contributed by atoms with Crippen LogP contribution in [0.15, 0.2) is 61.1 Å². The molecule has 0 spiro atoms. The lowest BCUT2D eigenvalue weighted by Gasteiger charge is -2.15. The first-order valence-corrected chi connectivity index (χ1v) is 13.7. The molecule has 1 atom stereocenters. The fraction of sp³-hybridized carbons (Fsp3) is 0.276. The third-order valence-electron chi connectivity index (χ3n) is 6.03. The Morgan fingerprint density at radius 3 is 2.37 bits per heavy atom. The third kappa shape index (κ3) is 9.30. The molecule has 43 heavy (non-hydrogen) atoms. The molecule has 0 aliphatic carbocycles. The van der Waals surface area contributed by atoms with Gasteiger partial charge in [-0.15, -0.1) is 11.3 Å². The maximum absolute atomic E-state index is 12.8. The van der Waals surface area contributed by atoms with E-state index in [4.69, 9.17) is 15.2 Å². The molecule has 0 radical (unpaired) electrons. The lowest BCUT2D eigenvalue weighted by atomic mass is 10.0. The highest BCUT2D eigenvalue weighted by molar-refractivity contribution is 7.20. The van der Waals surface area contributed by atoms with Gasteiger partial charge in [0, 0.05) is 28.5 Å². The smallest absolute Gasteiger partial charge is 0.480 e. The summed E-state index contributed by atoms with van der Waals surface area (Å²) in [5.41, 5.74) is 3.57. The van der Waals surface area contributed by atoms with Gasteiger partial charge in [0.05, 0.1) is 35.1 Å². The fourth-order valence-corrected chi connectivity index (χ4v) is 4.94. The number of benzene rings is 2. The van der Waals surface area contributed by atoms with Gasteiger partial charge in [-0.25, -0.2) is 14.6 Å². The monoisotopic (exact) mass is 615 g/mol. The van der Waals surface area contributed by atoms with Crippen molar-refractivity contribution in [1.82, 2.24) is 14.9 Å². The summed E-state index contributed by atoms with van der Waals surface area (Å²) in [6, 6.07) is 16.3. The third-order valence-corrected chi connectivity index (χ3v) is 7.13. The Balaban J connectivity index is 0.000000646. The van der Waals surface area contributed by atoms with E-state index in [1.807, 2.05) is 54.9 Å². The number of halogens is 3. The molecule has 2 aromatic heterocycles. The minimum absolute atomic E-state index is 0.148. The van der Waals surface area contributed by atoms with E-state index in [0.29, 0.717) is 30.0 Å². The average Bonchev–Trinajstić information content (AvgIpc) is 3.58. The second-order valence-electron chi connectivity index (χ2n) is 9.80. The number of amides is 1. The van der Waals surface area contributed by atoms with Gasteiger partial charge in [-0.1, -0.05) is 32.0 Å². The summed E-state index contributed by atoms with van der Waals surface area (Å²) in [7, 11) is 0. The van der Waals surface area contributed by atoms with Crippen LogP contribution in [0.25, 0.3) is 10.1 Å². The number of carboxylic acids is 2. The molecule has 0 bridgehead atoms. The van der Waals surface area contributed by atoms with E-state index in [-0.39, 0.29) is 11.8 Å².